The molecule has 0 aromatic carbocycles. The molecule has 0 saturated carbocycles. The lowest BCUT2D eigenvalue weighted by Gasteiger charge is -2.28. The van der Waals surface area contributed by atoms with E-state index in [4.69, 9.17) is 0 Å². The Bertz CT molecular complexity index is 274. The van der Waals surface area contributed by atoms with Gasteiger partial charge in [-0.05, 0) is 38.3 Å². The van der Waals surface area contributed by atoms with Gasteiger partial charge in [-0.25, -0.2) is 0 Å². The smallest absolute Gasteiger partial charge is 0.0552 e. The Kier molecular flexibility index (Phi) is 10.4. The summed E-state index contributed by atoms with van der Waals surface area (Å²) in [7, 11) is 0. The summed E-state index contributed by atoms with van der Waals surface area (Å²) in [6.07, 6.45) is 7.28. The van der Waals surface area contributed by atoms with Crippen molar-refractivity contribution < 1.29 is 0 Å². The zero-order valence-corrected chi connectivity index (χ0v) is 12.9. The lowest BCUT2D eigenvalue weighted by molar-refractivity contribution is 0.577. The molecule has 1 fully saturated rings. The van der Waals surface area contributed by atoms with E-state index in [2.05, 4.69) is 35.9 Å². The third-order valence-corrected chi connectivity index (χ3v) is 2.62. The van der Waals surface area contributed by atoms with Gasteiger partial charge in [0.05, 0.1) is 11.9 Å². The molecule has 0 atom stereocenters. The molecule has 1 aromatic rings. The van der Waals surface area contributed by atoms with Gasteiger partial charge in [0.1, 0.15) is 0 Å². The van der Waals surface area contributed by atoms with Gasteiger partial charge in [-0.3, -0.25) is 4.98 Å². The van der Waals surface area contributed by atoms with Gasteiger partial charge in [-0.1, -0.05) is 34.1 Å². The molecule has 1 saturated heterocycles. The highest BCUT2D eigenvalue weighted by atomic mass is 15.1. The maximum absolute atomic E-state index is 4.31. The molecule has 0 amide bonds. The predicted molar refractivity (Wildman–Crippen MR) is 82.4 cm³/mol. The van der Waals surface area contributed by atoms with E-state index in [1.165, 1.54) is 44.5 Å². The van der Waals surface area contributed by atoms with E-state index >= 15 is 0 Å². The molecule has 0 unspecified atom stereocenters. The van der Waals surface area contributed by atoms with Crippen LogP contribution in [0.3, 0.4) is 0 Å². The molecule has 104 valence electrons. The van der Waals surface area contributed by atoms with E-state index in [0.29, 0.717) is 0 Å². The number of rotatable bonds is 1. The molecule has 0 spiro atoms. The monoisotopic (exact) mass is 250 g/mol. The van der Waals surface area contributed by atoms with Crippen molar-refractivity contribution in [3.05, 3.63) is 24.0 Å². The number of aryl methyl sites for hydroxylation is 1. The highest BCUT2D eigenvalue weighted by Gasteiger charge is 2.10. The summed E-state index contributed by atoms with van der Waals surface area (Å²) >= 11 is 0. The van der Waals surface area contributed by atoms with E-state index in [0.717, 1.165) is 5.69 Å². The van der Waals surface area contributed by atoms with Crippen molar-refractivity contribution in [2.45, 2.75) is 60.3 Å². The molecule has 2 rings (SSSR count). The summed E-state index contributed by atoms with van der Waals surface area (Å²) in [5.74, 6) is 0. The molecular formula is C16H30N2. The van der Waals surface area contributed by atoms with Crippen LogP contribution < -0.4 is 4.90 Å². The predicted octanol–water partition coefficient (Wildman–Crippen LogP) is 4.82. The van der Waals surface area contributed by atoms with E-state index in [9.17, 15) is 0 Å². The third-order valence-electron chi connectivity index (χ3n) is 2.62. The quantitative estimate of drug-likeness (QED) is 0.710. The minimum atomic E-state index is 1.10. The second-order valence-corrected chi connectivity index (χ2v) is 4.41. The van der Waals surface area contributed by atoms with Gasteiger partial charge in [-0.2, -0.15) is 0 Å². The van der Waals surface area contributed by atoms with Gasteiger partial charge in [0.2, 0.25) is 0 Å². The number of piperidine rings is 1. The normalized spacial score (nSPS) is 13.9. The Balaban J connectivity index is 0.000000509. The fraction of sp³-hybridized carbons (Fsp3) is 0.688. The topological polar surface area (TPSA) is 16.1 Å². The van der Waals surface area contributed by atoms with Crippen LogP contribution in [0, 0.1) is 6.92 Å². The average Bonchev–Trinajstić information content (AvgIpc) is 2.44. The highest BCUT2D eigenvalue weighted by molar-refractivity contribution is 5.44. The van der Waals surface area contributed by atoms with Crippen molar-refractivity contribution >= 4 is 5.69 Å². The SMILES string of the molecule is CC.CCC.Cc1ccc(N2CCCCC2)cn1. The lowest BCUT2D eigenvalue weighted by Crippen LogP contribution is -2.29. The molecule has 1 aromatic heterocycles. The van der Waals surface area contributed by atoms with E-state index in [1.54, 1.807) is 0 Å². The van der Waals surface area contributed by atoms with Crippen LogP contribution in [-0.2, 0) is 0 Å². The molecule has 1 aliphatic heterocycles. The fourth-order valence-electron chi connectivity index (χ4n) is 1.80. The minimum Gasteiger partial charge on any atom is -0.370 e. The number of nitrogens with zero attached hydrogens (tertiary/aromatic N) is 2. The van der Waals surface area contributed by atoms with Crippen molar-refractivity contribution in [1.29, 1.82) is 0 Å². The Morgan fingerprint density at radius 2 is 1.61 bits per heavy atom. The zero-order valence-electron chi connectivity index (χ0n) is 12.9. The van der Waals surface area contributed by atoms with Gasteiger partial charge in [-0.15, -0.1) is 0 Å². The second kappa shape index (κ2) is 11.1. The van der Waals surface area contributed by atoms with Crippen LogP contribution in [0.4, 0.5) is 5.69 Å². The minimum absolute atomic E-state index is 1.10. The Labute approximate surface area is 113 Å². The standard InChI is InChI=1S/C11H16N2.C3H8.C2H6/c1-10-5-6-11(9-12-10)13-7-3-2-4-8-13;1-3-2;1-2/h5-6,9H,2-4,7-8H2,1H3;3H2,1-2H3;1-2H3. The first kappa shape index (κ1) is 16.9. The first-order valence-electron chi connectivity index (χ1n) is 7.45. The molecule has 2 nitrogen and oxygen atoms in total. The van der Waals surface area contributed by atoms with E-state index < -0.39 is 0 Å². The molecular weight excluding hydrogens is 220 g/mol. The summed E-state index contributed by atoms with van der Waals surface area (Å²) in [6.45, 7) is 12.7. The first-order chi connectivity index (χ1) is 8.77. The maximum Gasteiger partial charge on any atom is 0.0552 e. The van der Waals surface area contributed by atoms with E-state index in [-0.39, 0.29) is 0 Å². The van der Waals surface area contributed by atoms with Crippen molar-refractivity contribution in [1.82, 2.24) is 4.98 Å². The number of aromatic nitrogens is 1. The van der Waals surface area contributed by atoms with Crippen molar-refractivity contribution in [2.24, 2.45) is 0 Å². The average molecular weight is 250 g/mol. The maximum atomic E-state index is 4.31. The Hall–Kier alpha value is -1.05. The summed E-state index contributed by atoms with van der Waals surface area (Å²) in [4.78, 5) is 6.74. The largest absolute Gasteiger partial charge is 0.370 e. The van der Waals surface area contributed by atoms with Crippen molar-refractivity contribution in [2.75, 3.05) is 18.0 Å². The van der Waals surface area contributed by atoms with Crippen LogP contribution >= 0.6 is 0 Å². The van der Waals surface area contributed by atoms with Crippen LogP contribution in [0.25, 0.3) is 0 Å². The van der Waals surface area contributed by atoms with Crippen molar-refractivity contribution in [3.63, 3.8) is 0 Å². The van der Waals surface area contributed by atoms with Gasteiger partial charge >= 0.3 is 0 Å². The molecule has 1 aliphatic rings. The Morgan fingerprint density at radius 1 is 1.06 bits per heavy atom. The fourth-order valence-corrected chi connectivity index (χ4v) is 1.80. The van der Waals surface area contributed by atoms with Crippen LogP contribution in [0.2, 0.25) is 0 Å². The number of anilines is 1. The molecule has 0 bridgehead atoms. The van der Waals surface area contributed by atoms with Gasteiger partial charge < -0.3 is 4.90 Å². The number of hydrogen-bond donors (Lipinski definition) is 0. The third kappa shape index (κ3) is 6.63. The molecule has 0 N–H and O–H groups in total. The van der Waals surface area contributed by atoms with Crippen LogP contribution in [-0.4, -0.2) is 18.1 Å². The van der Waals surface area contributed by atoms with Crippen LogP contribution in [0.5, 0.6) is 0 Å². The highest BCUT2D eigenvalue weighted by Crippen LogP contribution is 2.18. The van der Waals surface area contributed by atoms with Crippen molar-refractivity contribution in [3.8, 4) is 0 Å². The number of hydrogen-bond acceptors (Lipinski definition) is 2. The lowest BCUT2D eigenvalue weighted by atomic mass is 10.1. The summed E-state index contributed by atoms with van der Waals surface area (Å²) in [6, 6.07) is 4.26. The van der Waals surface area contributed by atoms with Gasteiger partial charge in [0.15, 0.2) is 0 Å². The molecule has 2 heteroatoms. The molecule has 18 heavy (non-hydrogen) atoms. The van der Waals surface area contributed by atoms with Crippen LogP contribution in [0.15, 0.2) is 18.3 Å². The summed E-state index contributed by atoms with van der Waals surface area (Å²) < 4.78 is 0. The van der Waals surface area contributed by atoms with Gasteiger partial charge in [0.25, 0.3) is 0 Å². The van der Waals surface area contributed by atoms with E-state index in [1.807, 2.05) is 27.0 Å². The first-order valence-corrected chi connectivity index (χ1v) is 7.45. The molecule has 2 heterocycles. The summed E-state index contributed by atoms with van der Waals surface area (Å²) in [5.41, 5.74) is 2.38. The van der Waals surface area contributed by atoms with Gasteiger partial charge in [0, 0.05) is 18.8 Å². The summed E-state index contributed by atoms with van der Waals surface area (Å²) in [5, 5.41) is 0. The second-order valence-electron chi connectivity index (χ2n) is 4.41. The molecule has 0 radical (unpaired) electrons. The Morgan fingerprint density at radius 3 is 2.06 bits per heavy atom. The van der Waals surface area contributed by atoms with Crippen LogP contribution in [0.1, 0.15) is 59.1 Å². The number of pyridine rings is 1. The zero-order chi connectivity index (χ0) is 13.8. The molecule has 0 aliphatic carbocycles.